The molecule has 0 radical (unpaired) electrons. The number of halogens is 1. The van der Waals surface area contributed by atoms with Gasteiger partial charge in [-0.25, -0.2) is 0 Å². The first kappa shape index (κ1) is 15.8. The molecular weight excluding hydrogens is 316 g/mol. The van der Waals surface area contributed by atoms with E-state index in [4.69, 9.17) is 4.74 Å². The van der Waals surface area contributed by atoms with Gasteiger partial charge in [0.2, 0.25) is 0 Å². The van der Waals surface area contributed by atoms with Crippen molar-refractivity contribution in [2.75, 3.05) is 31.1 Å². The van der Waals surface area contributed by atoms with Crippen LogP contribution in [-0.4, -0.2) is 32.3 Å². The number of anilines is 1. The summed E-state index contributed by atoms with van der Waals surface area (Å²) >= 11 is 3.60. The van der Waals surface area contributed by atoms with Crippen molar-refractivity contribution in [3.63, 3.8) is 0 Å². The third-order valence-electron chi connectivity index (χ3n) is 3.80. The molecule has 1 N–H and O–H groups in total. The molecule has 2 rings (SSSR count). The number of hydrogen-bond donors (Lipinski definition) is 1. The third kappa shape index (κ3) is 4.21. The van der Waals surface area contributed by atoms with Crippen LogP contribution < -0.4 is 10.2 Å². The zero-order valence-electron chi connectivity index (χ0n) is 12.5. The molecule has 1 fully saturated rings. The minimum atomic E-state index is 0.445. The molecule has 20 heavy (non-hydrogen) atoms. The molecule has 0 spiro atoms. The predicted octanol–water partition coefficient (Wildman–Crippen LogP) is 3.56. The van der Waals surface area contributed by atoms with Crippen LogP contribution in [0.2, 0.25) is 0 Å². The first-order valence-corrected chi connectivity index (χ1v) is 8.39. The Balaban J connectivity index is 2.05. The van der Waals surface area contributed by atoms with E-state index >= 15 is 0 Å². The molecule has 1 aliphatic heterocycles. The third-order valence-corrected chi connectivity index (χ3v) is 4.29. The normalized spacial score (nSPS) is 16.6. The van der Waals surface area contributed by atoms with E-state index in [2.05, 4.69) is 58.2 Å². The number of nitrogens with zero attached hydrogens (tertiary/aromatic N) is 1. The van der Waals surface area contributed by atoms with Gasteiger partial charge in [0.15, 0.2) is 0 Å². The van der Waals surface area contributed by atoms with Crippen LogP contribution in [0.3, 0.4) is 0 Å². The quantitative estimate of drug-likeness (QED) is 0.856. The average molecular weight is 341 g/mol. The lowest BCUT2D eigenvalue weighted by Gasteiger charge is -2.34. The Morgan fingerprint density at radius 2 is 2.05 bits per heavy atom. The van der Waals surface area contributed by atoms with Crippen molar-refractivity contribution in [3.8, 4) is 0 Å². The van der Waals surface area contributed by atoms with Gasteiger partial charge in [-0.05, 0) is 44.0 Å². The van der Waals surface area contributed by atoms with Gasteiger partial charge in [-0.3, -0.25) is 0 Å². The predicted molar refractivity (Wildman–Crippen MR) is 88.4 cm³/mol. The average Bonchev–Trinajstić information content (AvgIpc) is 2.47. The van der Waals surface area contributed by atoms with Crippen molar-refractivity contribution in [1.82, 2.24) is 5.32 Å². The van der Waals surface area contributed by atoms with E-state index in [9.17, 15) is 0 Å². The maximum atomic E-state index is 5.74. The highest BCUT2D eigenvalue weighted by Crippen LogP contribution is 2.28. The summed E-state index contributed by atoms with van der Waals surface area (Å²) in [4.78, 5) is 2.49. The molecule has 0 unspecified atom stereocenters. The van der Waals surface area contributed by atoms with E-state index in [1.54, 1.807) is 0 Å². The van der Waals surface area contributed by atoms with Crippen molar-refractivity contribution in [1.29, 1.82) is 0 Å². The van der Waals surface area contributed by atoms with Gasteiger partial charge in [-0.1, -0.05) is 28.9 Å². The lowest BCUT2D eigenvalue weighted by atomic mass is 10.0. The highest BCUT2D eigenvalue weighted by atomic mass is 79.9. The van der Waals surface area contributed by atoms with Crippen molar-refractivity contribution >= 4 is 21.6 Å². The topological polar surface area (TPSA) is 24.5 Å². The van der Waals surface area contributed by atoms with E-state index < -0.39 is 0 Å². The van der Waals surface area contributed by atoms with Crippen LogP contribution in [0.15, 0.2) is 22.7 Å². The highest BCUT2D eigenvalue weighted by Gasteiger charge is 2.21. The number of hydrogen-bond acceptors (Lipinski definition) is 3. The molecule has 1 heterocycles. The summed E-state index contributed by atoms with van der Waals surface area (Å²) in [5, 5.41) is 3.43. The summed E-state index contributed by atoms with van der Waals surface area (Å²) in [5.41, 5.74) is 2.74. The SMILES string of the molecule is CCNCc1ccc(Br)cc1N1CCC(OCC)CC1. The smallest absolute Gasteiger partial charge is 0.0608 e. The van der Waals surface area contributed by atoms with Gasteiger partial charge in [0, 0.05) is 36.4 Å². The van der Waals surface area contributed by atoms with Crippen LogP contribution in [0.5, 0.6) is 0 Å². The minimum absolute atomic E-state index is 0.445. The lowest BCUT2D eigenvalue weighted by Crippen LogP contribution is -2.37. The fraction of sp³-hybridized carbons (Fsp3) is 0.625. The maximum absolute atomic E-state index is 5.74. The zero-order chi connectivity index (χ0) is 14.4. The van der Waals surface area contributed by atoms with Gasteiger partial charge >= 0.3 is 0 Å². The van der Waals surface area contributed by atoms with Gasteiger partial charge in [0.05, 0.1) is 6.10 Å². The van der Waals surface area contributed by atoms with Crippen LogP contribution >= 0.6 is 15.9 Å². The van der Waals surface area contributed by atoms with E-state index in [0.29, 0.717) is 6.10 Å². The van der Waals surface area contributed by atoms with Crippen LogP contribution in [-0.2, 0) is 11.3 Å². The van der Waals surface area contributed by atoms with E-state index in [-0.39, 0.29) is 0 Å². The molecule has 1 saturated heterocycles. The number of piperidine rings is 1. The largest absolute Gasteiger partial charge is 0.378 e. The fourth-order valence-electron chi connectivity index (χ4n) is 2.74. The van der Waals surface area contributed by atoms with Crippen molar-refractivity contribution < 1.29 is 4.74 Å². The molecule has 0 atom stereocenters. The Hall–Kier alpha value is -0.580. The first-order valence-electron chi connectivity index (χ1n) is 7.60. The first-order chi connectivity index (χ1) is 9.74. The Labute approximate surface area is 130 Å². The molecule has 0 saturated carbocycles. The number of nitrogens with one attached hydrogen (secondary N) is 1. The fourth-order valence-corrected chi connectivity index (χ4v) is 3.09. The molecule has 0 aromatic heterocycles. The van der Waals surface area contributed by atoms with Gasteiger partial charge in [-0.2, -0.15) is 0 Å². The van der Waals surface area contributed by atoms with E-state index in [1.165, 1.54) is 11.3 Å². The van der Waals surface area contributed by atoms with Crippen LogP contribution in [0.1, 0.15) is 32.3 Å². The Kier molecular flexibility index (Phi) is 6.33. The zero-order valence-corrected chi connectivity index (χ0v) is 14.1. The number of benzene rings is 1. The molecule has 112 valence electrons. The minimum Gasteiger partial charge on any atom is -0.378 e. The van der Waals surface area contributed by atoms with Crippen molar-refractivity contribution in [2.45, 2.75) is 39.3 Å². The summed E-state index contributed by atoms with van der Waals surface area (Å²) < 4.78 is 6.89. The molecule has 1 aromatic rings. The number of ether oxygens (including phenoxy) is 1. The van der Waals surface area contributed by atoms with Crippen LogP contribution in [0.25, 0.3) is 0 Å². The second kappa shape index (κ2) is 8.01. The Morgan fingerprint density at radius 1 is 1.30 bits per heavy atom. The monoisotopic (exact) mass is 340 g/mol. The molecule has 0 amide bonds. The molecule has 0 aliphatic carbocycles. The van der Waals surface area contributed by atoms with Gasteiger partial charge in [0.25, 0.3) is 0 Å². The Morgan fingerprint density at radius 3 is 2.70 bits per heavy atom. The molecule has 4 heteroatoms. The van der Waals surface area contributed by atoms with E-state index in [1.807, 2.05) is 0 Å². The molecule has 3 nitrogen and oxygen atoms in total. The summed E-state index contributed by atoms with van der Waals surface area (Å²) in [6.07, 6.45) is 2.70. The molecule has 0 bridgehead atoms. The number of rotatable bonds is 6. The van der Waals surface area contributed by atoms with E-state index in [0.717, 1.165) is 50.1 Å². The summed E-state index contributed by atoms with van der Waals surface area (Å²) in [6.45, 7) is 9.15. The van der Waals surface area contributed by atoms with Crippen LogP contribution in [0, 0.1) is 0 Å². The standard InChI is InChI=1S/C16H25BrN2O/c1-3-18-12-13-5-6-14(17)11-16(13)19-9-7-15(8-10-19)20-4-2/h5-6,11,15,18H,3-4,7-10,12H2,1-2H3. The van der Waals surface area contributed by atoms with Crippen molar-refractivity contribution in [2.24, 2.45) is 0 Å². The van der Waals surface area contributed by atoms with Gasteiger partial charge in [0.1, 0.15) is 0 Å². The highest BCUT2D eigenvalue weighted by molar-refractivity contribution is 9.10. The Bertz CT molecular complexity index is 417. The lowest BCUT2D eigenvalue weighted by molar-refractivity contribution is 0.0459. The van der Waals surface area contributed by atoms with Gasteiger partial charge in [-0.15, -0.1) is 0 Å². The second-order valence-electron chi connectivity index (χ2n) is 5.20. The summed E-state index contributed by atoms with van der Waals surface area (Å²) in [5.74, 6) is 0. The molecular formula is C16H25BrN2O. The van der Waals surface area contributed by atoms with Gasteiger partial charge < -0.3 is 15.0 Å². The molecule has 1 aromatic carbocycles. The van der Waals surface area contributed by atoms with Crippen LogP contribution in [0.4, 0.5) is 5.69 Å². The molecule has 1 aliphatic rings. The second-order valence-corrected chi connectivity index (χ2v) is 6.11. The maximum Gasteiger partial charge on any atom is 0.0608 e. The van der Waals surface area contributed by atoms with Crippen molar-refractivity contribution in [3.05, 3.63) is 28.2 Å². The summed E-state index contributed by atoms with van der Waals surface area (Å²) in [7, 11) is 0. The summed E-state index contributed by atoms with van der Waals surface area (Å²) in [6, 6.07) is 6.59.